The molecule has 236 valence electrons. The number of piperidine rings is 1. The van der Waals surface area contributed by atoms with Gasteiger partial charge < -0.3 is 28.8 Å². The van der Waals surface area contributed by atoms with Gasteiger partial charge in [-0.3, -0.25) is 14.5 Å². The first-order valence-corrected chi connectivity index (χ1v) is 15.4. The number of likely N-dealkylation sites (tertiary alicyclic amines) is 1. The van der Waals surface area contributed by atoms with Crippen molar-refractivity contribution >= 4 is 22.8 Å². The molecule has 2 atom stereocenters. The Morgan fingerprint density at radius 1 is 1.05 bits per heavy atom. The Bertz CT molecular complexity index is 1590. The molecule has 1 amide bonds. The Balaban J connectivity index is 1.37. The summed E-state index contributed by atoms with van der Waals surface area (Å²) in [5.74, 6) is 1.86. The maximum atomic E-state index is 13.1. The molecule has 1 N–H and O–H groups in total. The van der Waals surface area contributed by atoms with E-state index in [9.17, 15) is 19.5 Å². The van der Waals surface area contributed by atoms with Gasteiger partial charge in [0.25, 0.3) is 5.56 Å². The summed E-state index contributed by atoms with van der Waals surface area (Å²) in [6.07, 6.45) is 0.760. The molecule has 0 aliphatic carbocycles. The summed E-state index contributed by atoms with van der Waals surface area (Å²) in [4.78, 5) is 42.4. The van der Waals surface area contributed by atoms with E-state index in [1.807, 2.05) is 31.2 Å². The number of aromatic nitrogens is 1. The van der Waals surface area contributed by atoms with Gasteiger partial charge in [-0.05, 0) is 48.1 Å². The average molecular weight is 606 g/mol. The average Bonchev–Trinajstić information content (AvgIpc) is 3.01. The van der Waals surface area contributed by atoms with Crippen LogP contribution in [-0.4, -0.2) is 76.8 Å². The van der Waals surface area contributed by atoms with Crippen LogP contribution in [0.5, 0.6) is 17.2 Å². The third-order valence-electron chi connectivity index (χ3n) is 8.88. The fraction of sp³-hybridized carbons (Fsp3) is 0.500. The second-order valence-electron chi connectivity index (χ2n) is 12.7. The second kappa shape index (κ2) is 12.9. The highest BCUT2D eigenvalue weighted by atomic mass is 16.6. The van der Waals surface area contributed by atoms with Crippen LogP contribution in [0.4, 0.5) is 4.79 Å². The zero-order valence-electron chi connectivity index (χ0n) is 26.3. The summed E-state index contributed by atoms with van der Waals surface area (Å²) in [6.45, 7) is 11.3. The van der Waals surface area contributed by atoms with Gasteiger partial charge in [-0.15, -0.1) is 0 Å². The SMILES string of the molecule is CCC(=O)c1cc(OC)cc2c1ccc(=O)n2CCN1CCC(N(Cc2ccc3c(c2)OCCO3)C(=O)O)CC1C(C)(C)C. The van der Waals surface area contributed by atoms with Crippen molar-refractivity contribution in [3.63, 3.8) is 0 Å². The lowest BCUT2D eigenvalue weighted by Gasteiger charge is -2.48. The van der Waals surface area contributed by atoms with E-state index in [1.165, 1.54) is 6.07 Å². The van der Waals surface area contributed by atoms with E-state index >= 15 is 0 Å². The van der Waals surface area contributed by atoms with Gasteiger partial charge in [-0.2, -0.15) is 0 Å². The minimum absolute atomic E-state index is 0.00630. The smallest absolute Gasteiger partial charge is 0.407 e. The molecular formula is C34H43N3O7. The van der Waals surface area contributed by atoms with Crippen LogP contribution >= 0.6 is 0 Å². The molecule has 44 heavy (non-hydrogen) atoms. The number of nitrogens with zero attached hydrogens (tertiary/aromatic N) is 3. The van der Waals surface area contributed by atoms with Crippen LogP contribution in [0.2, 0.25) is 0 Å². The Hall–Kier alpha value is -4.05. The first kappa shape index (κ1) is 31.4. The number of hydrogen-bond donors (Lipinski definition) is 1. The minimum atomic E-state index is -0.945. The summed E-state index contributed by atoms with van der Waals surface area (Å²) in [6, 6.07) is 12.3. The number of fused-ring (bicyclic) bond motifs is 2. The predicted molar refractivity (Wildman–Crippen MR) is 168 cm³/mol. The number of carbonyl (C=O) groups is 2. The number of benzene rings is 2. The molecule has 3 aromatic rings. The van der Waals surface area contributed by atoms with Crippen LogP contribution in [0.15, 0.2) is 47.3 Å². The van der Waals surface area contributed by atoms with Crippen molar-refractivity contribution in [1.82, 2.24) is 14.4 Å². The van der Waals surface area contributed by atoms with E-state index in [2.05, 4.69) is 25.7 Å². The largest absolute Gasteiger partial charge is 0.497 e. The molecule has 2 aliphatic heterocycles. The van der Waals surface area contributed by atoms with Gasteiger partial charge in [-0.1, -0.05) is 33.8 Å². The number of pyridine rings is 1. The molecule has 10 nitrogen and oxygen atoms in total. The van der Waals surface area contributed by atoms with Crippen LogP contribution in [0.1, 0.15) is 62.9 Å². The highest BCUT2D eigenvalue weighted by Gasteiger charge is 2.39. The molecular weight excluding hydrogens is 562 g/mol. The second-order valence-corrected chi connectivity index (χ2v) is 12.7. The van der Waals surface area contributed by atoms with Crippen LogP contribution in [-0.2, 0) is 13.1 Å². The summed E-state index contributed by atoms with van der Waals surface area (Å²) in [7, 11) is 1.55. The third kappa shape index (κ3) is 6.55. The van der Waals surface area contributed by atoms with Gasteiger partial charge in [-0.25, -0.2) is 4.79 Å². The molecule has 0 saturated carbocycles. The zero-order valence-corrected chi connectivity index (χ0v) is 26.3. The number of hydrogen-bond acceptors (Lipinski definition) is 7. The Morgan fingerprint density at radius 2 is 1.80 bits per heavy atom. The van der Waals surface area contributed by atoms with E-state index in [4.69, 9.17) is 14.2 Å². The van der Waals surface area contributed by atoms with Gasteiger partial charge in [0, 0.05) is 67.8 Å². The molecule has 10 heteroatoms. The predicted octanol–water partition coefficient (Wildman–Crippen LogP) is 5.43. The molecule has 2 unspecified atom stereocenters. The van der Waals surface area contributed by atoms with Crippen LogP contribution < -0.4 is 19.8 Å². The number of amides is 1. The molecule has 5 rings (SSSR count). The van der Waals surface area contributed by atoms with Crippen molar-refractivity contribution in [2.45, 2.75) is 72.1 Å². The maximum absolute atomic E-state index is 13.1. The highest BCUT2D eigenvalue weighted by molar-refractivity contribution is 6.08. The standard InChI is InChI=1S/C34H43N3O7/c1-6-28(38)26-19-24(42-5)20-27-25(26)8-10-32(39)36(27)14-13-35-12-11-23(18-31(35)34(2,3)4)37(33(40)41)21-22-7-9-29-30(17-22)44-16-15-43-29/h7-10,17,19-20,23,31H,6,11-16,18,21H2,1-5H3,(H,40,41). The van der Waals surface area contributed by atoms with Crippen LogP contribution in [0, 0.1) is 5.41 Å². The fourth-order valence-corrected chi connectivity index (χ4v) is 6.56. The minimum Gasteiger partial charge on any atom is -0.497 e. The van der Waals surface area contributed by atoms with E-state index in [0.29, 0.717) is 80.4 Å². The van der Waals surface area contributed by atoms with Crippen molar-refractivity contribution in [2.75, 3.05) is 33.4 Å². The number of carbonyl (C=O) groups excluding carboxylic acids is 1. The zero-order chi connectivity index (χ0) is 31.6. The summed E-state index contributed by atoms with van der Waals surface area (Å²) in [5, 5.41) is 11.0. The third-order valence-corrected chi connectivity index (χ3v) is 8.88. The van der Waals surface area contributed by atoms with Crippen molar-refractivity contribution in [3.8, 4) is 17.2 Å². The summed E-state index contributed by atoms with van der Waals surface area (Å²) >= 11 is 0. The lowest BCUT2D eigenvalue weighted by atomic mass is 9.78. The molecule has 0 radical (unpaired) electrons. The van der Waals surface area contributed by atoms with E-state index in [0.717, 1.165) is 10.9 Å². The number of Topliss-reactive ketones (excluding diaryl/α,β-unsaturated/α-hetero) is 1. The fourth-order valence-electron chi connectivity index (χ4n) is 6.56. The molecule has 1 fully saturated rings. The molecule has 2 aliphatic rings. The number of methoxy groups -OCH3 is 1. The van der Waals surface area contributed by atoms with Crippen molar-refractivity contribution in [2.24, 2.45) is 5.41 Å². The topological polar surface area (TPSA) is 111 Å². The molecule has 2 aromatic carbocycles. The quantitative estimate of drug-likeness (QED) is 0.322. The molecule has 1 aromatic heterocycles. The number of ketones is 1. The normalized spacial score (nSPS) is 18.7. The summed E-state index contributed by atoms with van der Waals surface area (Å²) in [5.41, 5.74) is 1.81. The Morgan fingerprint density at radius 3 is 2.48 bits per heavy atom. The maximum Gasteiger partial charge on any atom is 0.407 e. The molecule has 0 spiro atoms. The van der Waals surface area contributed by atoms with E-state index in [1.54, 1.807) is 28.7 Å². The lowest BCUT2D eigenvalue weighted by Crippen LogP contribution is -2.55. The van der Waals surface area contributed by atoms with Gasteiger partial charge >= 0.3 is 6.09 Å². The Kier molecular flexibility index (Phi) is 9.20. The molecule has 1 saturated heterocycles. The van der Waals surface area contributed by atoms with Crippen LogP contribution in [0.25, 0.3) is 10.9 Å². The number of carboxylic acid groups (broad SMARTS) is 1. The van der Waals surface area contributed by atoms with Crippen molar-refractivity contribution < 1.29 is 28.9 Å². The van der Waals surface area contributed by atoms with Crippen LogP contribution in [0.3, 0.4) is 0 Å². The van der Waals surface area contributed by atoms with E-state index < -0.39 is 6.09 Å². The molecule has 3 heterocycles. The first-order chi connectivity index (χ1) is 21.0. The number of rotatable bonds is 9. The van der Waals surface area contributed by atoms with Crippen molar-refractivity contribution in [3.05, 3.63) is 63.9 Å². The first-order valence-electron chi connectivity index (χ1n) is 15.4. The monoisotopic (exact) mass is 605 g/mol. The van der Waals surface area contributed by atoms with Gasteiger partial charge in [0.1, 0.15) is 19.0 Å². The lowest BCUT2D eigenvalue weighted by molar-refractivity contribution is 0.0131. The van der Waals surface area contributed by atoms with Gasteiger partial charge in [0.05, 0.1) is 12.6 Å². The van der Waals surface area contributed by atoms with Gasteiger partial charge in [0.2, 0.25) is 0 Å². The number of ether oxygens (including phenoxy) is 3. The molecule has 0 bridgehead atoms. The van der Waals surface area contributed by atoms with Gasteiger partial charge in [0.15, 0.2) is 17.3 Å². The highest BCUT2D eigenvalue weighted by Crippen LogP contribution is 2.36. The Labute approximate surface area is 258 Å². The van der Waals surface area contributed by atoms with E-state index in [-0.39, 0.29) is 35.4 Å². The summed E-state index contributed by atoms with van der Waals surface area (Å²) < 4.78 is 18.6. The van der Waals surface area contributed by atoms with Crippen molar-refractivity contribution in [1.29, 1.82) is 0 Å².